The molecular weight excluding hydrogens is 360 g/mol. The lowest BCUT2D eigenvalue weighted by Crippen LogP contribution is -2.18. The minimum atomic E-state index is -0.624. The number of benzene rings is 2. The van der Waals surface area contributed by atoms with Crippen molar-refractivity contribution in [2.45, 2.75) is 13.8 Å². The van der Waals surface area contributed by atoms with Gasteiger partial charge in [0, 0.05) is 10.0 Å². The molecule has 0 saturated carbocycles. The Bertz CT molecular complexity index is 727. The van der Waals surface area contributed by atoms with Gasteiger partial charge in [-0.15, -0.1) is 0 Å². The Balaban J connectivity index is 1.88. The second kappa shape index (κ2) is 7.78. The van der Waals surface area contributed by atoms with E-state index in [1.165, 1.54) is 0 Å². The smallest absolute Gasteiger partial charge is 0.372 e. The summed E-state index contributed by atoms with van der Waals surface area (Å²) in [6.45, 7) is 3.66. The molecule has 0 saturated heterocycles. The highest BCUT2D eigenvalue weighted by molar-refractivity contribution is 9.10. The van der Waals surface area contributed by atoms with E-state index < -0.39 is 5.97 Å². The maximum Gasteiger partial charge on any atom is 0.372 e. The third-order valence-corrected chi connectivity index (χ3v) is 3.97. The molecule has 0 radical (unpaired) electrons. The Kier molecular flexibility index (Phi) is 5.76. The maximum absolute atomic E-state index is 11.6. The van der Waals surface area contributed by atoms with Gasteiger partial charge >= 0.3 is 5.97 Å². The fourth-order valence-corrected chi connectivity index (χ4v) is 2.00. The molecule has 2 aromatic rings. The van der Waals surface area contributed by atoms with Crippen LogP contribution in [-0.4, -0.2) is 18.4 Å². The number of carbonyl (C=O) groups is 1. The van der Waals surface area contributed by atoms with E-state index in [1.54, 1.807) is 6.07 Å². The lowest BCUT2D eigenvalue weighted by atomic mass is 10.1. The summed E-state index contributed by atoms with van der Waals surface area (Å²) in [6.07, 6.45) is 0. The van der Waals surface area contributed by atoms with E-state index in [9.17, 15) is 4.79 Å². The van der Waals surface area contributed by atoms with Crippen LogP contribution in [0, 0.1) is 13.8 Å². The fourth-order valence-electron chi connectivity index (χ4n) is 1.75. The number of amidine groups is 1. The first-order chi connectivity index (χ1) is 11.0. The zero-order chi connectivity index (χ0) is 16.8. The van der Waals surface area contributed by atoms with Crippen molar-refractivity contribution in [2.75, 3.05) is 6.61 Å². The average Bonchev–Trinajstić information content (AvgIpc) is 2.54. The molecule has 0 amide bonds. The Hall–Kier alpha value is -2.34. The lowest BCUT2D eigenvalue weighted by molar-refractivity contribution is -0.146. The molecule has 2 aromatic carbocycles. The summed E-state index contributed by atoms with van der Waals surface area (Å²) in [5.74, 6) is 0.0941. The molecule has 0 bridgehead atoms. The van der Waals surface area contributed by atoms with Gasteiger partial charge in [0.25, 0.3) is 0 Å². The van der Waals surface area contributed by atoms with Crippen molar-refractivity contribution < 1.29 is 14.4 Å². The number of nitrogens with two attached hydrogens (primary N) is 1. The standard InChI is InChI=1S/C17H17BrN2O3/c1-11-3-5-13(6-4-11)17(19)20-23-16(21)10-22-14-7-8-15(18)12(2)9-14/h3-9H,10H2,1-2H3,(H2,19,20). The van der Waals surface area contributed by atoms with Gasteiger partial charge in [0.05, 0.1) is 0 Å². The fraction of sp³-hybridized carbons (Fsp3) is 0.176. The van der Waals surface area contributed by atoms with Gasteiger partial charge in [0.2, 0.25) is 0 Å². The predicted octanol–water partition coefficient (Wildman–Crippen LogP) is 3.31. The molecule has 5 nitrogen and oxygen atoms in total. The SMILES string of the molecule is Cc1ccc(/C(N)=N\OC(=O)COc2ccc(Br)c(C)c2)cc1. The van der Waals surface area contributed by atoms with E-state index in [0.717, 1.165) is 15.6 Å². The van der Waals surface area contributed by atoms with Gasteiger partial charge in [-0.1, -0.05) is 50.9 Å². The van der Waals surface area contributed by atoms with Gasteiger partial charge in [0.1, 0.15) is 5.75 Å². The Morgan fingerprint density at radius 3 is 2.52 bits per heavy atom. The topological polar surface area (TPSA) is 73.9 Å². The molecule has 2 rings (SSSR count). The number of hydrogen-bond donors (Lipinski definition) is 1. The molecule has 0 spiro atoms. The van der Waals surface area contributed by atoms with Crippen molar-refractivity contribution in [3.8, 4) is 5.75 Å². The highest BCUT2D eigenvalue weighted by atomic mass is 79.9. The van der Waals surface area contributed by atoms with Crippen LogP contribution in [0.25, 0.3) is 0 Å². The summed E-state index contributed by atoms with van der Waals surface area (Å²) in [4.78, 5) is 16.4. The number of aryl methyl sites for hydroxylation is 2. The first kappa shape index (κ1) is 17.0. The highest BCUT2D eigenvalue weighted by Crippen LogP contribution is 2.21. The number of rotatable bonds is 5. The van der Waals surface area contributed by atoms with Gasteiger partial charge in [-0.25, -0.2) is 4.79 Å². The van der Waals surface area contributed by atoms with Crippen LogP contribution in [0.1, 0.15) is 16.7 Å². The van der Waals surface area contributed by atoms with Crippen LogP contribution in [-0.2, 0) is 9.63 Å². The first-order valence-corrected chi connectivity index (χ1v) is 7.74. The molecule has 120 valence electrons. The van der Waals surface area contributed by atoms with Crippen LogP contribution >= 0.6 is 15.9 Å². The summed E-state index contributed by atoms with van der Waals surface area (Å²) >= 11 is 3.40. The molecule has 0 fully saturated rings. The number of carbonyl (C=O) groups excluding carboxylic acids is 1. The molecular formula is C17H17BrN2O3. The molecule has 0 atom stereocenters. The number of halogens is 1. The molecule has 0 unspecified atom stereocenters. The third-order valence-electron chi connectivity index (χ3n) is 3.08. The Labute approximate surface area is 143 Å². The number of oxime groups is 1. The summed E-state index contributed by atoms with van der Waals surface area (Å²) in [5, 5.41) is 3.63. The molecule has 0 aliphatic heterocycles. The van der Waals surface area contributed by atoms with E-state index in [0.29, 0.717) is 11.3 Å². The number of hydrogen-bond acceptors (Lipinski definition) is 4. The number of nitrogens with zero attached hydrogens (tertiary/aromatic N) is 1. The van der Waals surface area contributed by atoms with Crippen molar-refractivity contribution >= 4 is 27.7 Å². The zero-order valence-electron chi connectivity index (χ0n) is 12.9. The average molecular weight is 377 g/mol. The van der Waals surface area contributed by atoms with Crippen LogP contribution in [0.4, 0.5) is 0 Å². The van der Waals surface area contributed by atoms with Gasteiger partial charge < -0.3 is 15.3 Å². The first-order valence-electron chi connectivity index (χ1n) is 6.95. The predicted molar refractivity (Wildman–Crippen MR) is 92.4 cm³/mol. The van der Waals surface area contributed by atoms with Gasteiger partial charge in [-0.3, -0.25) is 0 Å². The van der Waals surface area contributed by atoms with Crippen LogP contribution < -0.4 is 10.5 Å². The van der Waals surface area contributed by atoms with E-state index in [1.807, 2.05) is 50.2 Å². The van der Waals surface area contributed by atoms with Crippen molar-refractivity contribution in [1.29, 1.82) is 0 Å². The molecule has 23 heavy (non-hydrogen) atoms. The number of ether oxygens (including phenoxy) is 1. The molecule has 2 N–H and O–H groups in total. The minimum absolute atomic E-state index is 0.137. The summed E-state index contributed by atoms with van der Waals surface area (Å²) in [5.41, 5.74) is 8.57. The van der Waals surface area contributed by atoms with Crippen molar-refractivity contribution in [2.24, 2.45) is 10.9 Å². The van der Waals surface area contributed by atoms with E-state index >= 15 is 0 Å². The van der Waals surface area contributed by atoms with Crippen LogP contribution in [0.15, 0.2) is 52.1 Å². The Morgan fingerprint density at radius 1 is 1.17 bits per heavy atom. The van der Waals surface area contributed by atoms with Crippen LogP contribution in [0.3, 0.4) is 0 Å². The quantitative estimate of drug-likeness (QED) is 0.376. The molecule has 0 aliphatic carbocycles. The highest BCUT2D eigenvalue weighted by Gasteiger charge is 2.07. The van der Waals surface area contributed by atoms with E-state index in [-0.39, 0.29) is 12.4 Å². The molecule has 6 heteroatoms. The Morgan fingerprint density at radius 2 is 1.87 bits per heavy atom. The van der Waals surface area contributed by atoms with Gasteiger partial charge in [-0.05, 0) is 37.6 Å². The largest absolute Gasteiger partial charge is 0.482 e. The monoisotopic (exact) mass is 376 g/mol. The van der Waals surface area contributed by atoms with Crippen molar-refractivity contribution in [3.63, 3.8) is 0 Å². The maximum atomic E-state index is 11.6. The van der Waals surface area contributed by atoms with Gasteiger partial charge in [0.15, 0.2) is 12.4 Å². The summed E-state index contributed by atoms with van der Waals surface area (Å²) < 4.78 is 6.33. The normalized spacial score (nSPS) is 11.2. The van der Waals surface area contributed by atoms with Gasteiger partial charge in [-0.2, -0.15) is 0 Å². The van der Waals surface area contributed by atoms with Crippen LogP contribution in [0.2, 0.25) is 0 Å². The lowest BCUT2D eigenvalue weighted by Gasteiger charge is -2.06. The summed E-state index contributed by atoms with van der Waals surface area (Å²) in [7, 11) is 0. The van der Waals surface area contributed by atoms with Crippen molar-refractivity contribution in [1.82, 2.24) is 0 Å². The van der Waals surface area contributed by atoms with E-state index in [4.69, 9.17) is 15.3 Å². The minimum Gasteiger partial charge on any atom is -0.482 e. The molecule has 0 aromatic heterocycles. The third kappa shape index (κ3) is 5.10. The summed E-state index contributed by atoms with van der Waals surface area (Å²) in [6, 6.07) is 12.8. The van der Waals surface area contributed by atoms with E-state index in [2.05, 4.69) is 21.1 Å². The zero-order valence-corrected chi connectivity index (χ0v) is 14.5. The molecule has 0 heterocycles. The second-order valence-electron chi connectivity index (χ2n) is 5.01. The second-order valence-corrected chi connectivity index (χ2v) is 5.86. The molecule has 0 aliphatic rings. The van der Waals surface area contributed by atoms with Crippen LogP contribution in [0.5, 0.6) is 5.75 Å². The van der Waals surface area contributed by atoms with Crippen molar-refractivity contribution in [3.05, 3.63) is 63.6 Å².